The molecule has 0 unspecified atom stereocenters. The monoisotopic (exact) mass is 454 g/mol. The van der Waals surface area contributed by atoms with E-state index in [-0.39, 0.29) is 12.5 Å². The fourth-order valence-electron chi connectivity index (χ4n) is 2.63. The van der Waals surface area contributed by atoms with Crippen LogP contribution in [0.5, 0.6) is 5.75 Å². The number of nitrogens with zero attached hydrogens (tertiary/aromatic N) is 1. The normalized spacial score (nSPS) is 11.1. The van der Waals surface area contributed by atoms with Gasteiger partial charge in [0.1, 0.15) is 12.3 Å². The van der Waals surface area contributed by atoms with Crippen LogP contribution in [0.3, 0.4) is 0 Å². The van der Waals surface area contributed by atoms with Crippen LogP contribution in [-0.2, 0) is 21.2 Å². The number of para-hydroxylation sites is 1. The number of anilines is 1. The lowest BCUT2D eigenvalue weighted by Gasteiger charge is -2.22. The van der Waals surface area contributed by atoms with Gasteiger partial charge in [0.05, 0.1) is 19.1 Å². The van der Waals surface area contributed by atoms with Crippen molar-refractivity contribution in [3.63, 3.8) is 0 Å². The Morgan fingerprint density at radius 2 is 1.93 bits per heavy atom. The first-order valence-electron chi connectivity index (χ1n) is 8.43. The topological polar surface area (TPSA) is 75.7 Å². The number of amides is 1. The number of aryl methyl sites for hydroxylation is 1. The summed E-state index contributed by atoms with van der Waals surface area (Å²) >= 11 is 3.32. The minimum atomic E-state index is -3.58. The van der Waals surface area contributed by atoms with Crippen LogP contribution in [0.1, 0.15) is 12.0 Å². The van der Waals surface area contributed by atoms with Gasteiger partial charge in [-0.1, -0.05) is 40.2 Å². The van der Waals surface area contributed by atoms with Crippen LogP contribution in [0.4, 0.5) is 5.69 Å². The number of carbonyl (C=O) groups excluding carboxylic acids is 1. The van der Waals surface area contributed by atoms with Crippen molar-refractivity contribution in [2.75, 3.05) is 30.8 Å². The molecule has 6 nitrogen and oxygen atoms in total. The first-order chi connectivity index (χ1) is 12.8. The predicted octanol–water partition coefficient (Wildman–Crippen LogP) is 2.97. The maximum atomic E-state index is 12.2. The second-order valence-electron chi connectivity index (χ2n) is 6.01. The number of carbonyl (C=O) groups is 1. The van der Waals surface area contributed by atoms with E-state index in [1.165, 1.54) is 0 Å². The zero-order chi connectivity index (χ0) is 19.9. The van der Waals surface area contributed by atoms with Gasteiger partial charge in [-0.3, -0.25) is 9.10 Å². The van der Waals surface area contributed by atoms with Crippen molar-refractivity contribution in [3.8, 4) is 5.75 Å². The molecule has 0 radical (unpaired) electrons. The molecule has 146 valence electrons. The fourth-order valence-corrected chi connectivity index (χ4v) is 3.87. The first kappa shape index (κ1) is 21.2. The van der Waals surface area contributed by atoms with E-state index < -0.39 is 10.0 Å². The maximum absolute atomic E-state index is 12.2. The van der Waals surface area contributed by atoms with E-state index >= 15 is 0 Å². The van der Waals surface area contributed by atoms with Gasteiger partial charge in [-0.25, -0.2) is 8.42 Å². The Labute approximate surface area is 168 Å². The Morgan fingerprint density at radius 3 is 2.59 bits per heavy atom. The number of sulfonamides is 1. The van der Waals surface area contributed by atoms with Crippen molar-refractivity contribution in [2.24, 2.45) is 0 Å². The van der Waals surface area contributed by atoms with E-state index in [1.807, 2.05) is 24.3 Å². The van der Waals surface area contributed by atoms with Gasteiger partial charge in [-0.05, 0) is 42.7 Å². The summed E-state index contributed by atoms with van der Waals surface area (Å²) in [6.45, 7) is 0.191. The second kappa shape index (κ2) is 9.75. The molecule has 0 spiro atoms. The summed E-state index contributed by atoms with van der Waals surface area (Å²) in [7, 11) is -1.95. The molecule has 0 aliphatic rings. The van der Waals surface area contributed by atoms with Gasteiger partial charge >= 0.3 is 0 Å². The summed E-state index contributed by atoms with van der Waals surface area (Å²) in [6.07, 6.45) is 2.57. The van der Waals surface area contributed by atoms with Crippen LogP contribution < -0.4 is 14.4 Å². The molecule has 1 N–H and O–H groups in total. The highest BCUT2D eigenvalue weighted by Gasteiger charge is 2.20. The minimum Gasteiger partial charge on any atom is -0.496 e. The molecule has 27 heavy (non-hydrogen) atoms. The molecule has 0 atom stereocenters. The molecule has 2 rings (SSSR count). The van der Waals surface area contributed by atoms with E-state index in [0.717, 1.165) is 39.2 Å². The number of hydrogen-bond donors (Lipinski definition) is 1. The third-order valence-corrected chi connectivity index (χ3v) is 5.56. The zero-order valence-corrected chi connectivity index (χ0v) is 17.7. The van der Waals surface area contributed by atoms with Crippen molar-refractivity contribution in [2.45, 2.75) is 12.8 Å². The molecule has 0 saturated carbocycles. The summed E-state index contributed by atoms with van der Waals surface area (Å²) in [5, 5.41) is 2.78. The molecule has 8 heteroatoms. The average molecular weight is 455 g/mol. The smallest absolute Gasteiger partial charge is 0.240 e. The van der Waals surface area contributed by atoms with E-state index in [0.29, 0.717) is 12.2 Å². The minimum absolute atomic E-state index is 0.260. The SMILES string of the molecule is COc1ccccc1CCCNC(=O)CN(c1cccc(Br)c1)S(C)(=O)=O. The van der Waals surface area contributed by atoms with Gasteiger partial charge in [-0.15, -0.1) is 0 Å². The van der Waals surface area contributed by atoms with Crippen molar-refractivity contribution in [1.29, 1.82) is 0 Å². The highest BCUT2D eigenvalue weighted by molar-refractivity contribution is 9.10. The van der Waals surface area contributed by atoms with Crippen LogP contribution in [0.25, 0.3) is 0 Å². The number of nitrogens with one attached hydrogen (secondary N) is 1. The average Bonchev–Trinajstić information content (AvgIpc) is 2.62. The quantitative estimate of drug-likeness (QED) is 0.590. The van der Waals surface area contributed by atoms with Crippen molar-refractivity contribution < 1.29 is 17.9 Å². The third-order valence-electron chi connectivity index (χ3n) is 3.92. The Morgan fingerprint density at radius 1 is 1.19 bits per heavy atom. The molecule has 0 heterocycles. The van der Waals surface area contributed by atoms with E-state index in [9.17, 15) is 13.2 Å². The van der Waals surface area contributed by atoms with E-state index in [4.69, 9.17) is 4.74 Å². The molecule has 1 amide bonds. The molecule has 0 aliphatic carbocycles. The summed E-state index contributed by atoms with van der Waals surface area (Å²) in [5.74, 6) is 0.474. The lowest BCUT2D eigenvalue weighted by Crippen LogP contribution is -2.40. The molecule has 0 bridgehead atoms. The number of benzene rings is 2. The molecule has 0 saturated heterocycles. The second-order valence-corrected chi connectivity index (χ2v) is 8.84. The highest BCUT2D eigenvalue weighted by atomic mass is 79.9. The number of ether oxygens (including phenoxy) is 1. The van der Waals surface area contributed by atoms with Gasteiger partial charge in [0.15, 0.2) is 0 Å². The van der Waals surface area contributed by atoms with Gasteiger partial charge in [0.25, 0.3) is 0 Å². The molecule has 2 aromatic carbocycles. The first-order valence-corrected chi connectivity index (χ1v) is 11.1. The number of methoxy groups -OCH3 is 1. The van der Waals surface area contributed by atoms with Gasteiger partial charge in [-0.2, -0.15) is 0 Å². The fraction of sp³-hybridized carbons (Fsp3) is 0.316. The van der Waals surface area contributed by atoms with Crippen LogP contribution in [0, 0.1) is 0 Å². The largest absolute Gasteiger partial charge is 0.496 e. The van der Waals surface area contributed by atoms with Crippen LogP contribution >= 0.6 is 15.9 Å². The van der Waals surface area contributed by atoms with E-state index in [2.05, 4.69) is 21.2 Å². The van der Waals surface area contributed by atoms with Gasteiger partial charge in [0.2, 0.25) is 15.9 Å². The predicted molar refractivity (Wildman–Crippen MR) is 111 cm³/mol. The van der Waals surface area contributed by atoms with Gasteiger partial charge < -0.3 is 10.1 Å². The summed E-state index contributed by atoms with van der Waals surface area (Å²) < 4.78 is 31.3. The number of halogens is 1. The molecular weight excluding hydrogens is 432 g/mol. The molecule has 2 aromatic rings. The lowest BCUT2D eigenvalue weighted by molar-refractivity contribution is -0.119. The Hall–Kier alpha value is -2.06. The lowest BCUT2D eigenvalue weighted by atomic mass is 10.1. The number of hydrogen-bond acceptors (Lipinski definition) is 4. The van der Waals surface area contributed by atoms with Crippen molar-refractivity contribution >= 4 is 37.5 Å². The summed E-state index contributed by atoms with van der Waals surface area (Å²) in [5.41, 5.74) is 1.51. The summed E-state index contributed by atoms with van der Waals surface area (Å²) in [4.78, 5) is 12.2. The Balaban J connectivity index is 1.91. The van der Waals surface area contributed by atoms with Crippen LogP contribution in [-0.4, -0.2) is 40.8 Å². The van der Waals surface area contributed by atoms with Crippen molar-refractivity contribution in [1.82, 2.24) is 5.32 Å². The number of rotatable bonds is 9. The van der Waals surface area contributed by atoms with Crippen LogP contribution in [0.15, 0.2) is 53.0 Å². The molecular formula is C19H23BrN2O4S. The highest BCUT2D eigenvalue weighted by Crippen LogP contribution is 2.22. The van der Waals surface area contributed by atoms with E-state index in [1.54, 1.807) is 31.4 Å². The summed E-state index contributed by atoms with van der Waals surface area (Å²) in [6, 6.07) is 14.6. The molecule has 0 fully saturated rings. The third kappa shape index (κ3) is 6.55. The van der Waals surface area contributed by atoms with Crippen LogP contribution in [0.2, 0.25) is 0 Å². The molecule has 0 aliphatic heterocycles. The molecule has 0 aromatic heterocycles. The Bertz CT molecular complexity index is 887. The zero-order valence-electron chi connectivity index (χ0n) is 15.3. The van der Waals surface area contributed by atoms with Gasteiger partial charge in [0, 0.05) is 11.0 Å². The maximum Gasteiger partial charge on any atom is 0.240 e. The van der Waals surface area contributed by atoms with Crippen molar-refractivity contribution in [3.05, 3.63) is 58.6 Å². The standard InChI is InChI=1S/C19H23BrN2O4S/c1-26-18-11-4-3-7-15(18)8-6-12-21-19(23)14-22(27(2,24)25)17-10-5-9-16(20)13-17/h3-5,7,9-11,13H,6,8,12,14H2,1-2H3,(H,21,23). The Kier molecular flexibility index (Phi) is 7.67.